The van der Waals surface area contributed by atoms with E-state index < -0.39 is 24.0 Å². The molecule has 0 atom stereocenters. The molecule has 2 N–H and O–H groups in total. The molecule has 0 aliphatic rings. The summed E-state index contributed by atoms with van der Waals surface area (Å²) in [6.45, 7) is 1.52. The summed E-state index contributed by atoms with van der Waals surface area (Å²) in [5, 5.41) is 11.7. The van der Waals surface area contributed by atoms with Gasteiger partial charge >= 0.3 is 11.6 Å². The minimum Gasteiger partial charge on any atom is -0.480 e. The highest BCUT2D eigenvalue weighted by molar-refractivity contribution is 5.95. The summed E-state index contributed by atoms with van der Waals surface area (Å²) in [5.41, 5.74) is 3.42. The summed E-state index contributed by atoms with van der Waals surface area (Å²) in [4.78, 5) is 36.1. The van der Waals surface area contributed by atoms with Gasteiger partial charge in [-0.3, -0.25) is 9.59 Å². The van der Waals surface area contributed by atoms with Gasteiger partial charge in [-0.2, -0.15) is 0 Å². The number of nitrogens with zero attached hydrogens (tertiary/aromatic N) is 1. The van der Waals surface area contributed by atoms with E-state index in [1.165, 1.54) is 6.07 Å². The van der Waals surface area contributed by atoms with E-state index in [1.54, 1.807) is 18.0 Å². The predicted molar refractivity (Wildman–Crippen MR) is 107 cm³/mol. The summed E-state index contributed by atoms with van der Waals surface area (Å²) < 4.78 is 5.38. The molecule has 0 fully saturated rings. The third kappa shape index (κ3) is 4.20. The number of aryl methyl sites for hydroxylation is 1. The molecule has 0 saturated heterocycles. The number of hydrogen-bond donors (Lipinski definition) is 2. The Balaban J connectivity index is 1.94. The Morgan fingerprint density at radius 3 is 2.57 bits per heavy atom. The Bertz CT molecular complexity index is 1100. The number of carboxylic acid groups (broad SMARTS) is 1. The second-order valence-corrected chi connectivity index (χ2v) is 6.50. The first-order chi connectivity index (χ1) is 13.3. The van der Waals surface area contributed by atoms with Crippen molar-refractivity contribution >= 4 is 28.5 Å². The minimum atomic E-state index is -1.10. The Kier molecular flexibility index (Phi) is 5.44. The van der Waals surface area contributed by atoms with E-state index in [4.69, 9.17) is 9.52 Å². The zero-order valence-corrected chi connectivity index (χ0v) is 15.6. The number of carbonyl (C=O) groups is 2. The molecule has 1 heterocycles. The maximum atomic E-state index is 12.1. The number of likely N-dealkylation sites (N-methyl/N-ethyl adjacent to an activating group) is 1. The van der Waals surface area contributed by atoms with Crippen LogP contribution in [-0.2, 0) is 9.59 Å². The lowest BCUT2D eigenvalue weighted by molar-refractivity contribution is -0.137. The molecule has 0 saturated carbocycles. The molecule has 1 amide bonds. The highest BCUT2D eigenvalue weighted by Crippen LogP contribution is 2.31. The Morgan fingerprint density at radius 1 is 1.11 bits per heavy atom. The predicted octanol–water partition coefficient (Wildman–Crippen LogP) is 2.41. The van der Waals surface area contributed by atoms with Crippen LogP contribution in [0.5, 0.6) is 0 Å². The topological polar surface area (TPSA) is 99.9 Å². The number of benzene rings is 2. The minimum absolute atomic E-state index is 0.0273. The molecule has 0 radical (unpaired) electrons. The van der Waals surface area contributed by atoms with Gasteiger partial charge in [-0.1, -0.05) is 24.3 Å². The molecule has 3 rings (SSSR count). The first-order valence-electron chi connectivity index (χ1n) is 8.68. The molecule has 0 aliphatic heterocycles. The monoisotopic (exact) mass is 380 g/mol. The SMILES string of the molecule is Cc1ccccc1-c1cc(=O)oc2cc(N(C)CC(=O)NCC(=O)O)ccc12. The quantitative estimate of drug-likeness (QED) is 0.637. The molecule has 7 heteroatoms. The molecular weight excluding hydrogens is 360 g/mol. The van der Waals surface area contributed by atoms with E-state index in [-0.39, 0.29) is 6.54 Å². The van der Waals surface area contributed by atoms with Crippen LogP contribution in [0.15, 0.2) is 57.7 Å². The number of hydrogen-bond acceptors (Lipinski definition) is 5. The summed E-state index contributed by atoms with van der Waals surface area (Å²) >= 11 is 0. The molecule has 0 aliphatic carbocycles. The summed E-state index contributed by atoms with van der Waals surface area (Å²) in [6.07, 6.45) is 0. The van der Waals surface area contributed by atoms with E-state index in [9.17, 15) is 14.4 Å². The van der Waals surface area contributed by atoms with Crippen LogP contribution in [0, 0.1) is 6.92 Å². The van der Waals surface area contributed by atoms with E-state index >= 15 is 0 Å². The fourth-order valence-electron chi connectivity index (χ4n) is 3.02. The van der Waals surface area contributed by atoms with Gasteiger partial charge in [-0.25, -0.2) is 4.79 Å². The highest BCUT2D eigenvalue weighted by Gasteiger charge is 2.13. The van der Waals surface area contributed by atoms with Crippen molar-refractivity contribution in [2.45, 2.75) is 6.92 Å². The normalized spacial score (nSPS) is 10.6. The molecule has 28 heavy (non-hydrogen) atoms. The zero-order chi connectivity index (χ0) is 20.3. The van der Waals surface area contributed by atoms with Crippen LogP contribution >= 0.6 is 0 Å². The van der Waals surface area contributed by atoms with Gasteiger partial charge in [-0.05, 0) is 30.2 Å². The van der Waals surface area contributed by atoms with Crippen molar-refractivity contribution < 1.29 is 19.1 Å². The van der Waals surface area contributed by atoms with Crippen molar-refractivity contribution in [2.24, 2.45) is 0 Å². The zero-order valence-electron chi connectivity index (χ0n) is 15.6. The molecule has 7 nitrogen and oxygen atoms in total. The molecule has 3 aromatic rings. The number of aliphatic carboxylic acids is 1. The van der Waals surface area contributed by atoms with Gasteiger partial charge in [0.1, 0.15) is 12.1 Å². The van der Waals surface area contributed by atoms with Crippen LogP contribution in [0.25, 0.3) is 22.1 Å². The number of fused-ring (bicyclic) bond motifs is 1. The first kappa shape index (κ1) is 19.2. The van der Waals surface area contributed by atoms with Crippen molar-refractivity contribution in [3.63, 3.8) is 0 Å². The standard InChI is InChI=1S/C21H20N2O5/c1-13-5-3-4-6-15(13)17-10-21(27)28-18-9-14(7-8-16(17)18)23(2)12-19(24)22-11-20(25)26/h3-10H,11-12H2,1-2H3,(H,22,24)(H,25,26). The lowest BCUT2D eigenvalue weighted by atomic mass is 9.98. The molecular formula is C21H20N2O5. The van der Waals surface area contributed by atoms with E-state index in [1.807, 2.05) is 43.3 Å². The number of nitrogens with one attached hydrogen (secondary N) is 1. The number of carbonyl (C=O) groups excluding carboxylic acids is 1. The van der Waals surface area contributed by atoms with Crippen LogP contribution in [0.3, 0.4) is 0 Å². The number of rotatable bonds is 6. The van der Waals surface area contributed by atoms with E-state index in [0.29, 0.717) is 11.3 Å². The molecule has 0 unspecified atom stereocenters. The van der Waals surface area contributed by atoms with Crippen molar-refractivity contribution in [1.82, 2.24) is 5.32 Å². The lowest BCUT2D eigenvalue weighted by Gasteiger charge is -2.19. The van der Waals surface area contributed by atoms with Crippen LogP contribution in [0.4, 0.5) is 5.69 Å². The van der Waals surface area contributed by atoms with Gasteiger partial charge in [-0.15, -0.1) is 0 Å². The fourth-order valence-corrected chi connectivity index (χ4v) is 3.02. The number of amides is 1. The van der Waals surface area contributed by atoms with Crippen molar-refractivity contribution in [3.8, 4) is 11.1 Å². The summed E-state index contributed by atoms with van der Waals surface area (Å²) in [6, 6.07) is 14.6. The summed E-state index contributed by atoms with van der Waals surface area (Å²) in [7, 11) is 1.70. The van der Waals surface area contributed by atoms with E-state index in [0.717, 1.165) is 22.1 Å². The van der Waals surface area contributed by atoms with Crippen LogP contribution in [0.1, 0.15) is 5.56 Å². The van der Waals surface area contributed by atoms with Crippen molar-refractivity contribution in [2.75, 3.05) is 25.0 Å². The molecule has 144 valence electrons. The average molecular weight is 380 g/mol. The number of anilines is 1. The first-order valence-corrected chi connectivity index (χ1v) is 8.68. The van der Waals surface area contributed by atoms with Gasteiger partial charge in [0.05, 0.1) is 6.54 Å². The lowest BCUT2D eigenvalue weighted by Crippen LogP contribution is -2.37. The van der Waals surface area contributed by atoms with Gasteiger partial charge in [0.15, 0.2) is 0 Å². The maximum absolute atomic E-state index is 12.1. The fraction of sp³-hybridized carbons (Fsp3) is 0.190. The largest absolute Gasteiger partial charge is 0.480 e. The Morgan fingerprint density at radius 2 is 1.86 bits per heavy atom. The van der Waals surface area contributed by atoms with Crippen molar-refractivity contribution in [3.05, 3.63) is 64.5 Å². The molecule has 1 aromatic heterocycles. The summed E-state index contributed by atoms with van der Waals surface area (Å²) in [5.74, 6) is -1.52. The smallest absolute Gasteiger partial charge is 0.336 e. The van der Waals surface area contributed by atoms with Crippen molar-refractivity contribution in [1.29, 1.82) is 0 Å². The second kappa shape index (κ2) is 7.96. The van der Waals surface area contributed by atoms with Gasteiger partial charge < -0.3 is 19.7 Å². The second-order valence-electron chi connectivity index (χ2n) is 6.50. The van der Waals surface area contributed by atoms with Gasteiger partial charge in [0.25, 0.3) is 0 Å². The van der Waals surface area contributed by atoms with Crippen LogP contribution < -0.4 is 15.8 Å². The molecule has 0 spiro atoms. The van der Waals surface area contributed by atoms with E-state index in [2.05, 4.69) is 5.32 Å². The highest BCUT2D eigenvalue weighted by atomic mass is 16.4. The Labute approximate surface area is 161 Å². The van der Waals surface area contributed by atoms with Gasteiger partial charge in [0, 0.05) is 35.8 Å². The van der Waals surface area contributed by atoms with Crippen LogP contribution in [0.2, 0.25) is 0 Å². The Hall–Kier alpha value is -3.61. The third-order valence-electron chi connectivity index (χ3n) is 4.42. The average Bonchev–Trinajstić information content (AvgIpc) is 2.65. The third-order valence-corrected chi connectivity index (χ3v) is 4.42. The molecule has 2 aromatic carbocycles. The maximum Gasteiger partial charge on any atom is 0.336 e. The molecule has 0 bridgehead atoms. The van der Waals surface area contributed by atoms with Crippen LogP contribution in [-0.4, -0.2) is 37.1 Å². The van der Waals surface area contributed by atoms with Gasteiger partial charge in [0.2, 0.25) is 5.91 Å². The number of carboxylic acids is 1.